The van der Waals surface area contributed by atoms with Gasteiger partial charge in [-0.3, -0.25) is 0 Å². The molecule has 0 spiro atoms. The van der Waals surface area contributed by atoms with Crippen molar-refractivity contribution in [2.24, 2.45) is 0 Å². The summed E-state index contributed by atoms with van der Waals surface area (Å²) >= 11 is 0. The smallest absolute Gasteiger partial charge is 0.423 e. The lowest BCUT2D eigenvalue weighted by Gasteiger charge is -2.13. The van der Waals surface area contributed by atoms with Gasteiger partial charge in [0.15, 0.2) is 11.3 Å². The fourth-order valence-corrected chi connectivity index (χ4v) is 2.35. The van der Waals surface area contributed by atoms with Gasteiger partial charge in [0, 0.05) is 0 Å². The molecule has 1 aromatic carbocycles. The molecular weight excluding hydrogens is 437 g/mol. The van der Waals surface area contributed by atoms with Gasteiger partial charge in [-0.25, -0.2) is 14.3 Å². The maximum atomic E-state index is 13.1. The van der Waals surface area contributed by atoms with Crippen LogP contribution in [0.3, 0.4) is 0 Å². The molecule has 2 heterocycles. The zero-order valence-electron chi connectivity index (χ0n) is 14.0. The second-order valence-electron chi connectivity index (χ2n) is 5.73. The van der Waals surface area contributed by atoms with Crippen LogP contribution in [0.25, 0.3) is 5.65 Å². The number of benzene rings is 1. The number of carbonyl (C=O) groups excluding carboxylic acids is 1. The Morgan fingerprint density at radius 1 is 0.900 bits per heavy atom. The number of hydrogen-bond donors (Lipinski definition) is 0. The minimum atomic E-state index is -5.28. The molecule has 0 aliphatic heterocycles. The predicted octanol–water partition coefficient (Wildman–Crippen LogP) is 5.00. The van der Waals surface area contributed by atoms with Crippen LogP contribution in [-0.4, -0.2) is 20.6 Å². The topological polar surface area (TPSA) is 56.5 Å². The van der Waals surface area contributed by atoms with E-state index in [-0.39, 0.29) is 10.6 Å². The molecule has 0 fully saturated rings. The largest absolute Gasteiger partial charge is 0.433 e. The van der Waals surface area contributed by atoms with Gasteiger partial charge in [-0.1, -0.05) is 6.07 Å². The third-order valence-electron chi connectivity index (χ3n) is 3.64. The number of esters is 1. The number of halogens is 9. The first-order valence-corrected chi connectivity index (χ1v) is 7.60. The normalized spacial score (nSPS) is 13.0. The van der Waals surface area contributed by atoms with Gasteiger partial charge in [-0.05, 0) is 24.3 Å². The number of carbonyl (C=O) groups is 1. The van der Waals surface area contributed by atoms with Crippen LogP contribution in [0.4, 0.5) is 39.5 Å². The van der Waals surface area contributed by atoms with Gasteiger partial charge in [0.2, 0.25) is 0 Å². The standard InChI is InChI=1S/C16H6F9N3O2/c17-14(18,19)7-2-1-3-8(4-7)30-13(29)9-6-26-28-11(16(23,24)25)5-10(15(20,21)22)27-12(9)28/h1-6H. The Labute approximate surface area is 159 Å². The van der Waals surface area contributed by atoms with Crippen LogP contribution in [0.15, 0.2) is 36.5 Å². The Kier molecular flexibility index (Phi) is 4.91. The molecule has 14 heteroatoms. The van der Waals surface area contributed by atoms with E-state index in [2.05, 4.69) is 14.8 Å². The Balaban J connectivity index is 2.07. The zero-order valence-corrected chi connectivity index (χ0v) is 14.0. The first kappa shape index (κ1) is 21.4. The van der Waals surface area contributed by atoms with E-state index in [4.69, 9.17) is 0 Å². The molecule has 30 heavy (non-hydrogen) atoms. The minimum absolute atomic E-state index is 0.0437. The second-order valence-corrected chi connectivity index (χ2v) is 5.73. The molecule has 0 aliphatic rings. The number of alkyl halides is 9. The average Bonchev–Trinajstić information content (AvgIpc) is 3.02. The summed E-state index contributed by atoms with van der Waals surface area (Å²) in [5.74, 6) is -2.19. The predicted molar refractivity (Wildman–Crippen MR) is 79.4 cm³/mol. The van der Waals surface area contributed by atoms with Gasteiger partial charge in [0.1, 0.15) is 17.0 Å². The van der Waals surface area contributed by atoms with Crippen molar-refractivity contribution in [1.29, 1.82) is 0 Å². The molecule has 5 nitrogen and oxygen atoms in total. The molecule has 0 saturated carbocycles. The number of aromatic nitrogens is 3. The summed E-state index contributed by atoms with van der Waals surface area (Å²) < 4.78 is 121. The van der Waals surface area contributed by atoms with Gasteiger partial charge in [-0.15, -0.1) is 0 Å². The van der Waals surface area contributed by atoms with E-state index < -0.39 is 58.4 Å². The number of ether oxygens (including phenoxy) is 1. The zero-order chi connectivity index (χ0) is 22.5. The van der Waals surface area contributed by atoms with Crippen LogP contribution in [0.5, 0.6) is 5.75 Å². The molecule has 0 aliphatic carbocycles. The highest BCUT2D eigenvalue weighted by Crippen LogP contribution is 2.35. The van der Waals surface area contributed by atoms with Crippen molar-refractivity contribution >= 4 is 11.6 Å². The molecule has 0 bridgehead atoms. The van der Waals surface area contributed by atoms with Crippen molar-refractivity contribution in [2.45, 2.75) is 18.5 Å². The Bertz CT molecular complexity index is 1110. The van der Waals surface area contributed by atoms with E-state index in [0.717, 1.165) is 12.1 Å². The SMILES string of the molecule is O=C(Oc1cccc(C(F)(F)F)c1)c1cnn2c(C(F)(F)F)cc(C(F)(F)F)nc12. The fraction of sp³-hybridized carbons (Fsp3) is 0.188. The number of hydrogen-bond acceptors (Lipinski definition) is 4. The van der Waals surface area contributed by atoms with Gasteiger partial charge >= 0.3 is 24.5 Å². The molecule has 0 radical (unpaired) electrons. The van der Waals surface area contributed by atoms with Crippen LogP contribution in [0, 0.1) is 0 Å². The van der Waals surface area contributed by atoms with E-state index in [1.165, 1.54) is 0 Å². The summed E-state index contributed by atoms with van der Waals surface area (Å²) in [6.07, 6.45) is -14.9. The Morgan fingerprint density at radius 2 is 1.57 bits per heavy atom. The van der Waals surface area contributed by atoms with Gasteiger partial charge in [0.25, 0.3) is 0 Å². The maximum Gasteiger partial charge on any atom is 0.433 e. The van der Waals surface area contributed by atoms with Gasteiger partial charge < -0.3 is 4.74 Å². The molecule has 0 amide bonds. The Morgan fingerprint density at radius 3 is 2.13 bits per heavy atom. The molecule has 2 aromatic heterocycles. The highest BCUT2D eigenvalue weighted by atomic mass is 19.4. The van der Waals surface area contributed by atoms with Crippen LogP contribution >= 0.6 is 0 Å². The highest BCUT2D eigenvalue weighted by molar-refractivity contribution is 5.97. The molecule has 3 rings (SSSR count). The summed E-state index contributed by atoms with van der Waals surface area (Å²) in [6, 6.07) is 2.64. The number of nitrogens with zero attached hydrogens (tertiary/aromatic N) is 3. The summed E-state index contributed by atoms with van der Waals surface area (Å²) in [7, 11) is 0. The lowest BCUT2D eigenvalue weighted by atomic mass is 10.2. The average molecular weight is 443 g/mol. The van der Waals surface area contributed by atoms with E-state index in [1.807, 2.05) is 0 Å². The number of rotatable bonds is 2. The third-order valence-corrected chi connectivity index (χ3v) is 3.64. The van der Waals surface area contributed by atoms with E-state index >= 15 is 0 Å². The highest BCUT2D eigenvalue weighted by Gasteiger charge is 2.41. The van der Waals surface area contributed by atoms with Crippen LogP contribution < -0.4 is 4.74 Å². The van der Waals surface area contributed by atoms with Crippen molar-refractivity contribution in [2.75, 3.05) is 0 Å². The maximum absolute atomic E-state index is 13.1. The fourth-order valence-electron chi connectivity index (χ4n) is 2.35. The summed E-state index contributed by atoms with van der Waals surface area (Å²) in [5, 5.41) is 3.21. The van der Waals surface area contributed by atoms with Crippen LogP contribution in [0.2, 0.25) is 0 Å². The Hall–Kier alpha value is -3.32. The van der Waals surface area contributed by atoms with Gasteiger partial charge in [-0.2, -0.15) is 44.6 Å². The van der Waals surface area contributed by atoms with Crippen molar-refractivity contribution < 1.29 is 49.0 Å². The number of fused-ring (bicyclic) bond motifs is 1. The second kappa shape index (κ2) is 6.88. The summed E-state index contributed by atoms with van der Waals surface area (Å²) in [4.78, 5) is 15.2. The first-order chi connectivity index (χ1) is 13.7. The van der Waals surface area contributed by atoms with Crippen LogP contribution in [0.1, 0.15) is 27.3 Å². The third kappa shape index (κ3) is 4.16. The van der Waals surface area contributed by atoms with Crippen LogP contribution in [-0.2, 0) is 18.5 Å². The quantitative estimate of drug-likeness (QED) is 0.318. The van der Waals surface area contributed by atoms with E-state index in [0.29, 0.717) is 18.3 Å². The molecule has 0 saturated heterocycles. The van der Waals surface area contributed by atoms with Gasteiger partial charge in [0.05, 0.1) is 11.8 Å². The van der Waals surface area contributed by atoms with E-state index in [9.17, 15) is 44.3 Å². The van der Waals surface area contributed by atoms with Crippen molar-refractivity contribution in [1.82, 2.24) is 14.6 Å². The summed E-state index contributed by atoms with van der Waals surface area (Å²) in [5.41, 5.74) is -7.04. The van der Waals surface area contributed by atoms with E-state index in [1.54, 1.807) is 0 Å². The molecule has 0 N–H and O–H groups in total. The molecule has 0 atom stereocenters. The molecule has 160 valence electrons. The molecule has 3 aromatic rings. The summed E-state index contributed by atoms with van der Waals surface area (Å²) in [6.45, 7) is 0. The van der Waals surface area contributed by atoms with Crippen molar-refractivity contribution in [3.05, 3.63) is 59.0 Å². The molecule has 0 unspecified atom stereocenters. The monoisotopic (exact) mass is 443 g/mol. The first-order valence-electron chi connectivity index (χ1n) is 7.60. The van der Waals surface area contributed by atoms with Crippen molar-refractivity contribution in [3.63, 3.8) is 0 Å². The van der Waals surface area contributed by atoms with Crippen molar-refractivity contribution in [3.8, 4) is 5.75 Å². The lowest BCUT2D eigenvalue weighted by Crippen LogP contribution is -2.19. The minimum Gasteiger partial charge on any atom is -0.423 e. The molecular formula is C16H6F9N3O2. The lowest BCUT2D eigenvalue weighted by molar-refractivity contribution is -0.148.